The molecular weight excluding hydrogens is 230 g/mol. The average Bonchev–Trinajstić information content (AvgIpc) is 2.78. The van der Waals surface area contributed by atoms with Crippen molar-refractivity contribution in [1.29, 1.82) is 0 Å². The minimum absolute atomic E-state index is 0.0417. The van der Waals surface area contributed by atoms with Crippen LogP contribution in [-0.2, 0) is 16.1 Å². The first kappa shape index (κ1) is 13.1. The van der Waals surface area contributed by atoms with Crippen LogP contribution in [0, 0.1) is 0 Å². The van der Waals surface area contributed by atoms with Gasteiger partial charge in [0.2, 0.25) is 5.91 Å². The van der Waals surface area contributed by atoms with E-state index in [1.807, 2.05) is 29.8 Å². The summed E-state index contributed by atoms with van der Waals surface area (Å²) in [6.45, 7) is 3.72. The van der Waals surface area contributed by atoms with Gasteiger partial charge in [-0.05, 0) is 31.9 Å². The van der Waals surface area contributed by atoms with Crippen molar-refractivity contribution < 1.29 is 9.53 Å². The van der Waals surface area contributed by atoms with E-state index in [4.69, 9.17) is 10.5 Å². The third kappa shape index (κ3) is 3.34. The van der Waals surface area contributed by atoms with Gasteiger partial charge in [0.25, 0.3) is 0 Å². The molecule has 2 heterocycles. The van der Waals surface area contributed by atoms with Gasteiger partial charge in [0.1, 0.15) is 6.54 Å². The zero-order valence-electron chi connectivity index (χ0n) is 10.8. The number of nitrogens with two attached hydrogens (primary N) is 1. The molecule has 18 heavy (non-hydrogen) atoms. The Hall–Kier alpha value is -1.33. The summed E-state index contributed by atoms with van der Waals surface area (Å²) in [7, 11) is 0. The minimum Gasteiger partial charge on any atom is -0.381 e. The molecule has 1 saturated heterocycles. The van der Waals surface area contributed by atoms with E-state index in [1.165, 1.54) is 0 Å². The van der Waals surface area contributed by atoms with Crippen molar-refractivity contribution in [2.75, 3.05) is 13.2 Å². The number of aromatic nitrogens is 1. The molecule has 0 bridgehead atoms. The number of carbonyl (C=O) groups is 1. The first-order valence-corrected chi connectivity index (χ1v) is 6.44. The molecule has 1 aliphatic heterocycles. The van der Waals surface area contributed by atoms with Gasteiger partial charge >= 0.3 is 0 Å². The van der Waals surface area contributed by atoms with Gasteiger partial charge in [-0.25, -0.2) is 0 Å². The first-order chi connectivity index (χ1) is 8.66. The van der Waals surface area contributed by atoms with Crippen LogP contribution < -0.4 is 11.1 Å². The maximum Gasteiger partial charge on any atom is 0.240 e. The molecule has 1 aliphatic rings. The Morgan fingerprint density at radius 3 is 3.00 bits per heavy atom. The van der Waals surface area contributed by atoms with Gasteiger partial charge in [-0.3, -0.25) is 4.79 Å². The van der Waals surface area contributed by atoms with Gasteiger partial charge in [-0.2, -0.15) is 0 Å². The van der Waals surface area contributed by atoms with Gasteiger partial charge in [-0.1, -0.05) is 0 Å². The van der Waals surface area contributed by atoms with E-state index in [1.54, 1.807) is 0 Å². The third-order valence-electron chi connectivity index (χ3n) is 3.23. The summed E-state index contributed by atoms with van der Waals surface area (Å²) in [4.78, 5) is 11.9. The smallest absolute Gasteiger partial charge is 0.240 e. The molecule has 1 unspecified atom stereocenters. The average molecular weight is 251 g/mol. The molecule has 0 radical (unpaired) electrons. The SMILES string of the molecule is CC(N)c1cccn1CC(=O)NC1CCOCC1. The Kier molecular flexibility index (Phi) is 4.38. The molecule has 100 valence electrons. The Labute approximate surface area is 107 Å². The van der Waals surface area contributed by atoms with Crippen molar-refractivity contribution in [3.8, 4) is 0 Å². The van der Waals surface area contributed by atoms with Crippen molar-refractivity contribution in [1.82, 2.24) is 9.88 Å². The van der Waals surface area contributed by atoms with Crippen LogP contribution in [0.4, 0.5) is 0 Å². The topological polar surface area (TPSA) is 69.3 Å². The molecule has 5 heteroatoms. The minimum atomic E-state index is -0.0594. The molecule has 3 N–H and O–H groups in total. The van der Waals surface area contributed by atoms with Crippen LogP contribution in [0.15, 0.2) is 18.3 Å². The highest BCUT2D eigenvalue weighted by Crippen LogP contribution is 2.11. The number of carbonyl (C=O) groups excluding carboxylic acids is 1. The molecular formula is C13H21N3O2. The summed E-state index contributed by atoms with van der Waals surface area (Å²) in [5.41, 5.74) is 6.83. The lowest BCUT2D eigenvalue weighted by Crippen LogP contribution is -2.40. The van der Waals surface area contributed by atoms with Crippen LogP contribution in [0.2, 0.25) is 0 Å². The van der Waals surface area contributed by atoms with Crippen LogP contribution in [0.3, 0.4) is 0 Å². The summed E-state index contributed by atoms with van der Waals surface area (Å²) >= 11 is 0. The molecule has 1 atom stereocenters. The zero-order valence-corrected chi connectivity index (χ0v) is 10.8. The second-order valence-corrected chi connectivity index (χ2v) is 4.80. The molecule has 0 aliphatic carbocycles. The summed E-state index contributed by atoms with van der Waals surface area (Å²) in [6, 6.07) is 4.06. The van der Waals surface area contributed by atoms with Gasteiger partial charge in [-0.15, -0.1) is 0 Å². The van der Waals surface area contributed by atoms with E-state index >= 15 is 0 Å². The van der Waals surface area contributed by atoms with Crippen LogP contribution in [0.1, 0.15) is 31.5 Å². The molecule has 5 nitrogen and oxygen atoms in total. The van der Waals surface area contributed by atoms with Crippen molar-refractivity contribution >= 4 is 5.91 Å². The lowest BCUT2D eigenvalue weighted by atomic mass is 10.1. The quantitative estimate of drug-likeness (QED) is 0.831. The normalized spacial score (nSPS) is 18.6. The Bertz CT molecular complexity index is 395. The van der Waals surface area contributed by atoms with E-state index in [-0.39, 0.29) is 18.0 Å². The third-order valence-corrected chi connectivity index (χ3v) is 3.23. The number of nitrogens with zero attached hydrogens (tertiary/aromatic N) is 1. The van der Waals surface area contributed by atoms with Crippen LogP contribution >= 0.6 is 0 Å². The summed E-state index contributed by atoms with van der Waals surface area (Å²) < 4.78 is 7.17. The van der Waals surface area contributed by atoms with Crippen LogP contribution in [0.5, 0.6) is 0 Å². The maximum atomic E-state index is 11.9. The largest absolute Gasteiger partial charge is 0.381 e. The molecule has 2 rings (SSSR count). The maximum absolute atomic E-state index is 11.9. The predicted octanol–water partition coefficient (Wildman–Crippen LogP) is 0.803. The van der Waals surface area contributed by atoms with Crippen molar-refractivity contribution in [2.45, 2.75) is 38.4 Å². The highest BCUT2D eigenvalue weighted by Gasteiger charge is 2.16. The van der Waals surface area contributed by atoms with E-state index in [0.29, 0.717) is 6.54 Å². The molecule has 1 fully saturated rings. The molecule has 0 aromatic carbocycles. The lowest BCUT2D eigenvalue weighted by Gasteiger charge is -2.23. The van der Waals surface area contributed by atoms with Gasteiger partial charge in [0.05, 0.1) is 0 Å². The number of hydrogen-bond acceptors (Lipinski definition) is 3. The summed E-state index contributed by atoms with van der Waals surface area (Å²) in [5.74, 6) is 0.0417. The van der Waals surface area contributed by atoms with Crippen LogP contribution in [0.25, 0.3) is 0 Å². The lowest BCUT2D eigenvalue weighted by molar-refractivity contribution is -0.123. The van der Waals surface area contributed by atoms with E-state index < -0.39 is 0 Å². The fourth-order valence-electron chi connectivity index (χ4n) is 2.25. The fraction of sp³-hybridized carbons (Fsp3) is 0.615. The second-order valence-electron chi connectivity index (χ2n) is 4.80. The number of rotatable bonds is 4. The zero-order chi connectivity index (χ0) is 13.0. The standard InChI is InChI=1S/C13H21N3O2/c1-10(14)12-3-2-6-16(12)9-13(17)15-11-4-7-18-8-5-11/h2-3,6,10-11H,4-5,7-9,14H2,1H3,(H,15,17). The first-order valence-electron chi connectivity index (χ1n) is 6.44. The second kappa shape index (κ2) is 6.02. The van der Waals surface area contributed by atoms with Crippen molar-refractivity contribution in [2.24, 2.45) is 5.73 Å². The number of amides is 1. The molecule has 1 amide bonds. The molecule has 0 saturated carbocycles. The van der Waals surface area contributed by atoms with Crippen LogP contribution in [-0.4, -0.2) is 29.7 Å². The number of ether oxygens (including phenoxy) is 1. The number of nitrogens with one attached hydrogen (secondary N) is 1. The summed E-state index contributed by atoms with van der Waals surface area (Å²) in [5, 5.41) is 3.04. The molecule has 1 aromatic rings. The summed E-state index contributed by atoms with van der Waals surface area (Å²) in [6.07, 6.45) is 3.69. The number of hydrogen-bond donors (Lipinski definition) is 2. The monoisotopic (exact) mass is 251 g/mol. The predicted molar refractivity (Wildman–Crippen MR) is 69.0 cm³/mol. The highest BCUT2D eigenvalue weighted by molar-refractivity contribution is 5.76. The fourth-order valence-corrected chi connectivity index (χ4v) is 2.25. The Morgan fingerprint density at radius 1 is 1.61 bits per heavy atom. The van der Waals surface area contributed by atoms with Gasteiger partial charge in [0, 0.05) is 37.2 Å². The van der Waals surface area contributed by atoms with Crippen molar-refractivity contribution in [3.05, 3.63) is 24.0 Å². The van der Waals surface area contributed by atoms with E-state index in [9.17, 15) is 4.79 Å². The Balaban J connectivity index is 1.88. The van der Waals surface area contributed by atoms with E-state index in [0.717, 1.165) is 31.7 Å². The Morgan fingerprint density at radius 2 is 2.33 bits per heavy atom. The van der Waals surface area contributed by atoms with E-state index in [2.05, 4.69) is 5.32 Å². The van der Waals surface area contributed by atoms with Crippen molar-refractivity contribution in [3.63, 3.8) is 0 Å². The van der Waals surface area contributed by atoms with Gasteiger partial charge < -0.3 is 20.4 Å². The molecule has 1 aromatic heterocycles. The highest BCUT2D eigenvalue weighted by atomic mass is 16.5. The van der Waals surface area contributed by atoms with Gasteiger partial charge in [0.15, 0.2) is 0 Å². The molecule has 0 spiro atoms.